The SMILES string of the molecule is CC(Nc1cnc(C(=O)NC2CCCCC2)cn1)c1ccccc1. The molecule has 1 fully saturated rings. The number of nitrogens with zero attached hydrogens (tertiary/aromatic N) is 2. The van der Waals surface area contributed by atoms with Crippen molar-refractivity contribution in [1.82, 2.24) is 15.3 Å². The van der Waals surface area contributed by atoms with E-state index in [1.807, 2.05) is 18.2 Å². The molecule has 1 aliphatic carbocycles. The van der Waals surface area contributed by atoms with Gasteiger partial charge in [0.2, 0.25) is 0 Å². The van der Waals surface area contributed by atoms with Crippen LogP contribution in [0, 0.1) is 0 Å². The zero-order valence-electron chi connectivity index (χ0n) is 14.0. The molecule has 1 aliphatic rings. The summed E-state index contributed by atoms with van der Waals surface area (Å²) >= 11 is 0. The highest BCUT2D eigenvalue weighted by molar-refractivity contribution is 5.92. The first-order chi connectivity index (χ1) is 11.7. The number of rotatable bonds is 5. The predicted octanol–water partition coefficient (Wildman–Crippen LogP) is 3.71. The lowest BCUT2D eigenvalue weighted by Gasteiger charge is -2.22. The lowest BCUT2D eigenvalue weighted by atomic mass is 9.95. The lowest BCUT2D eigenvalue weighted by molar-refractivity contribution is 0.0922. The van der Waals surface area contributed by atoms with Crippen LogP contribution in [0.5, 0.6) is 0 Å². The number of hydrogen-bond donors (Lipinski definition) is 2. The monoisotopic (exact) mass is 324 g/mol. The van der Waals surface area contributed by atoms with E-state index in [1.54, 1.807) is 6.20 Å². The van der Waals surface area contributed by atoms with Crippen LogP contribution >= 0.6 is 0 Å². The van der Waals surface area contributed by atoms with Crippen LogP contribution in [0.15, 0.2) is 42.7 Å². The minimum atomic E-state index is -0.128. The van der Waals surface area contributed by atoms with Crippen molar-refractivity contribution in [2.24, 2.45) is 0 Å². The molecule has 0 saturated heterocycles. The summed E-state index contributed by atoms with van der Waals surface area (Å²) in [7, 11) is 0. The van der Waals surface area contributed by atoms with E-state index in [0.717, 1.165) is 12.8 Å². The molecule has 1 atom stereocenters. The maximum atomic E-state index is 12.2. The molecular weight excluding hydrogens is 300 g/mol. The molecule has 24 heavy (non-hydrogen) atoms. The Balaban J connectivity index is 1.57. The third kappa shape index (κ3) is 4.31. The highest BCUT2D eigenvalue weighted by Crippen LogP contribution is 2.18. The van der Waals surface area contributed by atoms with Gasteiger partial charge in [-0.1, -0.05) is 49.6 Å². The number of anilines is 1. The van der Waals surface area contributed by atoms with Gasteiger partial charge in [0.15, 0.2) is 0 Å². The van der Waals surface area contributed by atoms with E-state index in [-0.39, 0.29) is 18.0 Å². The average Bonchev–Trinajstić information content (AvgIpc) is 2.64. The highest BCUT2D eigenvalue weighted by Gasteiger charge is 2.17. The largest absolute Gasteiger partial charge is 0.362 e. The van der Waals surface area contributed by atoms with Gasteiger partial charge in [-0.15, -0.1) is 0 Å². The predicted molar refractivity (Wildman–Crippen MR) is 94.9 cm³/mol. The summed E-state index contributed by atoms with van der Waals surface area (Å²) in [5.74, 6) is 0.539. The quantitative estimate of drug-likeness (QED) is 0.880. The van der Waals surface area contributed by atoms with Gasteiger partial charge in [0, 0.05) is 12.1 Å². The maximum absolute atomic E-state index is 12.2. The van der Waals surface area contributed by atoms with Crippen LogP contribution in [0.1, 0.15) is 61.1 Å². The Bertz CT molecular complexity index is 651. The second-order valence-electron chi connectivity index (χ2n) is 6.37. The fourth-order valence-electron chi connectivity index (χ4n) is 3.07. The topological polar surface area (TPSA) is 66.9 Å². The molecule has 1 aromatic carbocycles. The molecule has 0 aliphatic heterocycles. The van der Waals surface area contributed by atoms with Gasteiger partial charge in [-0.2, -0.15) is 0 Å². The minimum Gasteiger partial charge on any atom is -0.362 e. The maximum Gasteiger partial charge on any atom is 0.271 e. The Labute approximate surface area is 142 Å². The van der Waals surface area contributed by atoms with Crippen molar-refractivity contribution >= 4 is 11.7 Å². The zero-order chi connectivity index (χ0) is 16.8. The number of carbonyl (C=O) groups excluding carboxylic acids is 1. The molecule has 5 heteroatoms. The number of amides is 1. The van der Waals surface area contributed by atoms with Crippen LogP contribution in [-0.4, -0.2) is 21.9 Å². The zero-order valence-corrected chi connectivity index (χ0v) is 14.0. The van der Waals surface area contributed by atoms with Gasteiger partial charge in [-0.05, 0) is 25.3 Å². The molecular formula is C19H24N4O. The summed E-state index contributed by atoms with van der Waals surface area (Å²) < 4.78 is 0. The molecule has 3 rings (SSSR count). The molecule has 1 heterocycles. The van der Waals surface area contributed by atoms with Crippen molar-refractivity contribution in [3.8, 4) is 0 Å². The van der Waals surface area contributed by atoms with Gasteiger partial charge in [-0.25, -0.2) is 9.97 Å². The second-order valence-corrected chi connectivity index (χ2v) is 6.37. The van der Waals surface area contributed by atoms with Gasteiger partial charge >= 0.3 is 0 Å². The Kier molecular flexibility index (Phi) is 5.41. The normalized spacial score (nSPS) is 16.4. The van der Waals surface area contributed by atoms with Gasteiger partial charge < -0.3 is 10.6 Å². The molecule has 0 bridgehead atoms. The van der Waals surface area contributed by atoms with E-state index in [9.17, 15) is 4.79 Å². The van der Waals surface area contributed by atoms with Crippen LogP contribution < -0.4 is 10.6 Å². The standard InChI is InChI=1S/C19H24N4O/c1-14(15-8-4-2-5-9-15)22-18-13-20-17(12-21-18)19(24)23-16-10-6-3-7-11-16/h2,4-5,8-9,12-14,16H,3,6-7,10-11H2,1H3,(H,21,22)(H,23,24). The first-order valence-electron chi connectivity index (χ1n) is 8.67. The number of hydrogen-bond acceptors (Lipinski definition) is 4. The van der Waals surface area contributed by atoms with Crippen molar-refractivity contribution in [1.29, 1.82) is 0 Å². The molecule has 2 N–H and O–H groups in total. The summed E-state index contributed by atoms with van der Waals surface area (Å²) in [5.41, 5.74) is 1.55. The van der Waals surface area contributed by atoms with Gasteiger partial charge in [0.05, 0.1) is 12.4 Å². The molecule has 1 amide bonds. The van der Waals surface area contributed by atoms with Crippen LogP contribution in [-0.2, 0) is 0 Å². The van der Waals surface area contributed by atoms with Crippen LogP contribution in [0.3, 0.4) is 0 Å². The summed E-state index contributed by atoms with van der Waals surface area (Å²) in [6.45, 7) is 2.07. The molecule has 1 aromatic heterocycles. The fraction of sp³-hybridized carbons (Fsp3) is 0.421. The Morgan fingerprint density at radius 2 is 1.83 bits per heavy atom. The molecule has 1 unspecified atom stereocenters. The third-order valence-electron chi connectivity index (χ3n) is 4.49. The molecule has 1 saturated carbocycles. The minimum absolute atomic E-state index is 0.127. The van der Waals surface area contributed by atoms with E-state index in [0.29, 0.717) is 11.5 Å². The van der Waals surface area contributed by atoms with E-state index in [2.05, 4.69) is 39.7 Å². The first-order valence-corrected chi connectivity index (χ1v) is 8.67. The van der Waals surface area contributed by atoms with E-state index in [4.69, 9.17) is 0 Å². The Hall–Kier alpha value is -2.43. The summed E-state index contributed by atoms with van der Waals surface area (Å²) in [5, 5.41) is 6.36. The van der Waals surface area contributed by atoms with Crippen molar-refractivity contribution in [2.75, 3.05) is 5.32 Å². The average molecular weight is 324 g/mol. The molecule has 0 spiro atoms. The summed E-state index contributed by atoms with van der Waals surface area (Å²) in [6.07, 6.45) is 8.94. The molecule has 0 radical (unpaired) electrons. The fourth-order valence-corrected chi connectivity index (χ4v) is 3.07. The molecule has 5 nitrogen and oxygen atoms in total. The highest BCUT2D eigenvalue weighted by atomic mass is 16.1. The number of benzene rings is 1. The van der Waals surface area contributed by atoms with E-state index >= 15 is 0 Å². The van der Waals surface area contributed by atoms with Crippen LogP contribution in [0.4, 0.5) is 5.82 Å². The van der Waals surface area contributed by atoms with Crippen LogP contribution in [0.2, 0.25) is 0 Å². The van der Waals surface area contributed by atoms with Gasteiger partial charge in [0.1, 0.15) is 11.5 Å². The lowest BCUT2D eigenvalue weighted by Crippen LogP contribution is -2.36. The number of aromatic nitrogens is 2. The van der Waals surface area contributed by atoms with Crippen molar-refractivity contribution in [2.45, 2.75) is 51.1 Å². The van der Waals surface area contributed by atoms with Crippen molar-refractivity contribution < 1.29 is 4.79 Å². The molecule has 2 aromatic rings. The van der Waals surface area contributed by atoms with Gasteiger partial charge in [0.25, 0.3) is 5.91 Å². The smallest absolute Gasteiger partial charge is 0.271 e. The van der Waals surface area contributed by atoms with E-state index in [1.165, 1.54) is 31.0 Å². The Morgan fingerprint density at radius 3 is 2.50 bits per heavy atom. The number of nitrogens with one attached hydrogen (secondary N) is 2. The first kappa shape index (κ1) is 16.4. The van der Waals surface area contributed by atoms with Crippen LogP contribution in [0.25, 0.3) is 0 Å². The van der Waals surface area contributed by atoms with E-state index < -0.39 is 0 Å². The molecule has 126 valence electrons. The second kappa shape index (κ2) is 7.90. The third-order valence-corrected chi connectivity index (χ3v) is 4.49. The van der Waals surface area contributed by atoms with Gasteiger partial charge in [-0.3, -0.25) is 4.79 Å². The van der Waals surface area contributed by atoms with Crippen molar-refractivity contribution in [3.63, 3.8) is 0 Å². The number of carbonyl (C=O) groups is 1. The summed E-state index contributed by atoms with van der Waals surface area (Å²) in [4.78, 5) is 20.8. The summed E-state index contributed by atoms with van der Waals surface area (Å²) in [6, 6.07) is 10.6. The van der Waals surface area contributed by atoms with Crippen molar-refractivity contribution in [3.05, 3.63) is 54.0 Å². The Morgan fingerprint density at radius 1 is 1.08 bits per heavy atom.